The summed E-state index contributed by atoms with van der Waals surface area (Å²) in [5.41, 5.74) is 0.856. The number of sulfonamides is 1. The van der Waals surface area contributed by atoms with Crippen molar-refractivity contribution >= 4 is 38.9 Å². The summed E-state index contributed by atoms with van der Waals surface area (Å²) in [6.07, 6.45) is 3.26. The smallest absolute Gasteiger partial charge is 0.282 e. The largest absolute Gasteiger partial charge is 0.284 e. The highest BCUT2D eigenvalue weighted by Crippen LogP contribution is 2.33. The van der Waals surface area contributed by atoms with Gasteiger partial charge in [0.15, 0.2) is 5.17 Å². The summed E-state index contributed by atoms with van der Waals surface area (Å²) in [4.78, 5) is 14.5. The van der Waals surface area contributed by atoms with Crippen LogP contribution < -0.4 is 0 Å². The minimum absolute atomic E-state index is 0.0830. The molecule has 1 aliphatic rings. The van der Waals surface area contributed by atoms with E-state index in [1.165, 1.54) is 23.1 Å². The lowest BCUT2D eigenvalue weighted by Crippen LogP contribution is -2.29. The molecule has 1 amide bonds. The van der Waals surface area contributed by atoms with E-state index in [0.717, 1.165) is 17.3 Å². The van der Waals surface area contributed by atoms with Crippen molar-refractivity contribution in [1.82, 2.24) is 4.90 Å². The molecule has 1 heterocycles. The second-order valence-corrected chi connectivity index (χ2v) is 8.00. The highest BCUT2D eigenvalue weighted by Gasteiger charge is 2.34. The molecule has 3 rings (SSSR count). The zero-order chi connectivity index (χ0) is 18.6. The van der Waals surface area contributed by atoms with E-state index in [1.54, 1.807) is 24.3 Å². The van der Waals surface area contributed by atoms with Crippen LogP contribution in [0.15, 0.2) is 87.5 Å². The molecule has 132 valence electrons. The van der Waals surface area contributed by atoms with Crippen LogP contribution in [-0.4, -0.2) is 30.9 Å². The highest BCUT2D eigenvalue weighted by atomic mass is 32.2. The summed E-state index contributed by atoms with van der Waals surface area (Å²) in [6, 6.07) is 17.3. The third kappa shape index (κ3) is 3.95. The molecule has 0 saturated carbocycles. The van der Waals surface area contributed by atoms with Crippen LogP contribution in [0, 0.1) is 0 Å². The van der Waals surface area contributed by atoms with Crippen LogP contribution in [0.1, 0.15) is 5.56 Å². The molecule has 0 aromatic heterocycles. The number of thioether (sulfide) groups is 1. The Morgan fingerprint density at radius 3 is 2.27 bits per heavy atom. The Bertz CT molecular complexity index is 982. The maximum atomic E-state index is 12.6. The first kappa shape index (κ1) is 18.2. The van der Waals surface area contributed by atoms with E-state index in [9.17, 15) is 13.2 Å². The van der Waals surface area contributed by atoms with Gasteiger partial charge >= 0.3 is 0 Å². The molecule has 0 atom stereocenters. The fraction of sp³-hybridized carbons (Fsp3) is 0.0526. The monoisotopic (exact) mass is 384 g/mol. The summed E-state index contributed by atoms with van der Waals surface area (Å²) in [5.74, 6) is -0.291. The molecule has 0 aliphatic carbocycles. The molecule has 26 heavy (non-hydrogen) atoms. The average molecular weight is 384 g/mol. The number of hydrogen-bond donors (Lipinski definition) is 0. The minimum Gasteiger partial charge on any atom is -0.282 e. The normalized spacial score (nSPS) is 17.8. The van der Waals surface area contributed by atoms with E-state index in [4.69, 9.17) is 0 Å². The number of rotatable bonds is 5. The van der Waals surface area contributed by atoms with Gasteiger partial charge in [-0.2, -0.15) is 8.42 Å². The van der Waals surface area contributed by atoms with E-state index >= 15 is 0 Å². The molecule has 2 aromatic rings. The van der Waals surface area contributed by atoms with Gasteiger partial charge in [0.25, 0.3) is 15.9 Å². The van der Waals surface area contributed by atoms with Gasteiger partial charge in [0.05, 0.1) is 9.80 Å². The Morgan fingerprint density at radius 2 is 1.65 bits per heavy atom. The van der Waals surface area contributed by atoms with Crippen molar-refractivity contribution in [2.75, 3.05) is 6.54 Å². The first-order valence-corrected chi connectivity index (χ1v) is 10.0. The van der Waals surface area contributed by atoms with Crippen molar-refractivity contribution in [1.29, 1.82) is 0 Å². The predicted molar refractivity (Wildman–Crippen MR) is 105 cm³/mol. The molecule has 2 aromatic carbocycles. The van der Waals surface area contributed by atoms with E-state index in [1.807, 2.05) is 30.3 Å². The van der Waals surface area contributed by atoms with Crippen LogP contribution in [0.5, 0.6) is 0 Å². The van der Waals surface area contributed by atoms with Crippen LogP contribution in [0.3, 0.4) is 0 Å². The van der Waals surface area contributed by atoms with Gasteiger partial charge in [-0.15, -0.1) is 11.0 Å². The van der Waals surface area contributed by atoms with E-state index < -0.39 is 10.0 Å². The molecule has 1 saturated heterocycles. The van der Waals surface area contributed by atoms with Crippen molar-refractivity contribution in [3.8, 4) is 0 Å². The SMILES string of the molecule is C=CCN1C(=O)C(=Cc2ccccc2)SC1=NS(=O)(=O)c1ccccc1. The molecule has 0 N–H and O–H groups in total. The summed E-state index contributed by atoms with van der Waals surface area (Å²) < 4.78 is 28.9. The summed E-state index contributed by atoms with van der Waals surface area (Å²) in [6.45, 7) is 3.81. The van der Waals surface area contributed by atoms with Crippen molar-refractivity contribution < 1.29 is 13.2 Å². The maximum Gasteiger partial charge on any atom is 0.284 e. The number of carbonyl (C=O) groups is 1. The maximum absolute atomic E-state index is 12.6. The lowest BCUT2D eigenvalue weighted by atomic mass is 10.2. The number of nitrogens with zero attached hydrogens (tertiary/aromatic N) is 2. The van der Waals surface area contributed by atoms with Gasteiger partial charge in [-0.05, 0) is 35.5 Å². The Balaban J connectivity index is 1.99. The molecule has 1 aliphatic heterocycles. The Kier molecular flexibility index (Phi) is 5.39. The van der Waals surface area contributed by atoms with Crippen molar-refractivity contribution in [2.24, 2.45) is 4.40 Å². The first-order chi connectivity index (χ1) is 12.5. The third-order valence-electron chi connectivity index (χ3n) is 3.54. The zero-order valence-electron chi connectivity index (χ0n) is 13.8. The number of amidine groups is 1. The van der Waals surface area contributed by atoms with Crippen LogP contribution in [0.25, 0.3) is 6.08 Å². The molecule has 1 fully saturated rings. The number of amides is 1. The summed E-state index contributed by atoms with van der Waals surface area (Å²) in [5, 5.41) is 0.126. The Morgan fingerprint density at radius 1 is 1.04 bits per heavy atom. The molecule has 7 heteroatoms. The Hall–Kier alpha value is -2.64. The van der Waals surface area contributed by atoms with Crippen LogP contribution in [0.4, 0.5) is 0 Å². The molecule has 0 spiro atoms. The summed E-state index contributed by atoms with van der Waals surface area (Å²) >= 11 is 1.04. The third-order valence-corrected chi connectivity index (χ3v) is 5.94. The molecule has 0 unspecified atom stereocenters. The first-order valence-electron chi connectivity index (χ1n) is 7.78. The van der Waals surface area contributed by atoms with Crippen LogP contribution in [-0.2, 0) is 14.8 Å². The average Bonchev–Trinajstić information content (AvgIpc) is 2.92. The minimum atomic E-state index is -3.90. The molecule has 0 bridgehead atoms. The van der Waals surface area contributed by atoms with Crippen molar-refractivity contribution in [3.63, 3.8) is 0 Å². The van der Waals surface area contributed by atoms with Gasteiger partial charge in [0.1, 0.15) is 0 Å². The van der Waals surface area contributed by atoms with Gasteiger partial charge in [0, 0.05) is 6.54 Å². The number of carbonyl (C=O) groups excluding carboxylic acids is 1. The van der Waals surface area contributed by atoms with E-state index in [-0.39, 0.29) is 22.5 Å². The second-order valence-electron chi connectivity index (χ2n) is 5.39. The molecule has 0 radical (unpaired) electrons. The lowest BCUT2D eigenvalue weighted by Gasteiger charge is -2.12. The fourth-order valence-electron chi connectivity index (χ4n) is 2.31. The lowest BCUT2D eigenvalue weighted by molar-refractivity contribution is -0.121. The second kappa shape index (κ2) is 7.72. The van der Waals surface area contributed by atoms with Crippen molar-refractivity contribution in [3.05, 3.63) is 83.8 Å². The number of hydrogen-bond acceptors (Lipinski definition) is 4. The van der Waals surface area contributed by atoms with E-state index in [2.05, 4.69) is 11.0 Å². The highest BCUT2D eigenvalue weighted by molar-refractivity contribution is 8.19. The van der Waals surface area contributed by atoms with Gasteiger partial charge < -0.3 is 0 Å². The molecular formula is C19H16N2O3S2. The van der Waals surface area contributed by atoms with Gasteiger partial charge in [-0.1, -0.05) is 54.6 Å². The van der Waals surface area contributed by atoms with Gasteiger partial charge in [-0.3, -0.25) is 9.69 Å². The summed E-state index contributed by atoms with van der Waals surface area (Å²) in [7, 11) is -3.90. The standard InChI is InChI=1S/C19H16N2O3S2/c1-2-13-21-18(22)17(14-15-9-5-3-6-10-15)25-19(21)20-26(23,24)16-11-7-4-8-12-16/h2-12,14H,1,13H2. The zero-order valence-corrected chi connectivity index (χ0v) is 15.4. The quantitative estimate of drug-likeness (QED) is 0.584. The van der Waals surface area contributed by atoms with Crippen molar-refractivity contribution in [2.45, 2.75) is 4.90 Å². The van der Waals surface area contributed by atoms with Crippen LogP contribution in [0.2, 0.25) is 0 Å². The van der Waals surface area contributed by atoms with Gasteiger partial charge in [-0.25, -0.2) is 0 Å². The fourth-order valence-corrected chi connectivity index (χ4v) is 4.53. The topological polar surface area (TPSA) is 66.8 Å². The predicted octanol–water partition coefficient (Wildman–Crippen LogP) is 3.53. The van der Waals surface area contributed by atoms with Gasteiger partial charge in [0.2, 0.25) is 0 Å². The Labute approximate surface area is 156 Å². The van der Waals surface area contributed by atoms with E-state index in [0.29, 0.717) is 4.91 Å². The van der Waals surface area contributed by atoms with Crippen LogP contribution >= 0.6 is 11.8 Å². The molecular weight excluding hydrogens is 368 g/mol. The number of benzene rings is 2. The molecule has 5 nitrogen and oxygen atoms in total.